The van der Waals surface area contributed by atoms with E-state index in [1.54, 1.807) is 0 Å². The molecule has 21 heavy (non-hydrogen) atoms. The van der Waals surface area contributed by atoms with Gasteiger partial charge in [0.1, 0.15) is 12.4 Å². The third-order valence-electron chi connectivity index (χ3n) is 4.39. The van der Waals surface area contributed by atoms with Gasteiger partial charge in [-0.3, -0.25) is 9.69 Å². The highest BCUT2D eigenvalue weighted by Gasteiger charge is 2.42. The number of nitrogens with zero attached hydrogens (tertiary/aromatic N) is 1. The van der Waals surface area contributed by atoms with Crippen LogP contribution in [0.15, 0.2) is 24.3 Å². The SMILES string of the molecule is CCCC1(NC(=O)CN2CCOc3ccccc3C2)CC1. The van der Waals surface area contributed by atoms with E-state index in [0.29, 0.717) is 13.2 Å². The van der Waals surface area contributed by atoms with Crippen LogP contribution in [-0.2, 0) is 11.3 Å². The Morgan fingerprint density at radius 2 is 2.19 bits per heavy atom. The lowest BCUT2D eigenvalue weighted by Crippen LogP contribution is -2.43. The molecule has 114 valence electrons. The molecule has 0 bridgehead atoms. The van der Waals surface area contributed by atoms with E-state index < -0.39 is 0 Å². The summed E-state index contributed by atoms with van der Waals surface area (Å²) in [7, 11) is 0. The Morgan fingerprint density at radius 3 is 2.95 bits per heavy atom. The normalized spacial score (nSPS) is 20.0. The van der Waals surface area contributed by atoms with E-state index in [4.69, 9.17) is 4.74 Å². The van der Waals surface area contributed by atoms with Crippen LogP contribution in [0.1, 0.15) is 38.2 Å². The summed E-state index contributed by atoms with van der Waals surface area (Å²) in [6.45, 7) is 4.86. The summed E-state index contributed by atoms with van der Waals surface area (Å²) in [5, 5.41) is 3.24. The molecule has 0 atom stereocenters. The summed E-state index contributed by atoms with van der Waals surface area (Å²) in [5.41, 5.74) is 1.28. The molecule has 0 spiro atoms. The predicted molar refractivity (Wildman–Crippen MR) is 82.2 cm³/mol. The van der Waals surface area contributed by atoms with Gasteiger partial charge in [-0.2, -0.15) is 0 Å². The summed E-state index contributed by atoms with van der Waals surface area (Å²) >= 11 is 0. The molecule has 0 radical (unpaired) electrons. The molecule has 3 rings (SSSR count). The number of fused-ring (bicyclic) bond motifs is 1. The fourth-order valence-corrected chi connectivity index (χ4v) is 3.12. The number of hydrogen-bond acceptors (Lipinski definition) is 3. The van der Waals surface area contributed by atoms with Gasteiger partial charge in [-0.15, -0.1) is 0 Å². The van der Waals surface area contributed by atoms with Crippen molar-refractivity contribution in [1.82, 2.24) is 10.2 Å². The van der Waals surface area contributed by atoms with Gasteiger partial charge in [-0.05, 0) is 25.3 Å². The lowest BCUT2D eigenvalue weighted by atomic mass is 10.1. The highest BCUT2D eigenvalue weighted by atomic mass is 16.5. The fourth-order valence-electron chi connectivity index (χ4n) is 3.12. The first-order valence-electron chi connectivity index (χ1n) is 7.95. The zero-order chi connectivity index (χ0) is 14.7. The van der Waals surface area contributed by atoms with Crippen LogP contribution in [0.3, 0.4) is 0 Å². The number of rotatable bonds is 5. The van der Waals surface area contributed by atoms with Crippen molar-refractivity contribution >= 4 is 5.91 Å². The molecule has 0 aromatic heterocycles. The number of amides is 1. The van der Waals surface area contributed by atoms with Crippen molar-refractivity contribution in [1.29, 1.82) is 0 Å². The van der Waals surface area contributed by atoms with Crippen LogP contribution in [0.25, 0.3) is 0 Å². The third kappa shape index (κ3) is 3.56. The van der Waals surface area contributed by atoms with Crippen LogP contribution >= 0.6 is 0 Å². The maximum atomic E-state index is 12.3. The van der Waals surface area contributed by atoms with Gasteiger partial charge in [0.15, 0.2) is 0 Å². The van der Waals surface area contributed by atoms with Crippen molar-refractivity contribution in [2.75, 3.05) is 19.7 Å². The summed E-state index contributed by atoms with van der Waals surface area (Å²) in [5.74, 6) is 1.10. The largest absolute Gasteiger partial charge is 0.492 e. The van der Waals surface area contributed by atoms with E-state index >= 15 is 0 Å². The first kappa shape index (κ1) is 14.4. The van der Waals surface area contributed by atoms with Gasteiger partial charge in [0.2, 0.25) is 5.91 Å². The van der Waals surface area contributed by atoms with Crippen LogP contribution in [0.2, 0.25) is 0 Å². The van der Waals surface area contributed by atoms with Crippen LogP contribution in [0.4, 0.5) is 0 Å². The van der Waals surface area contributed by atoms with Crippen molar-refractivity contribution in [2.24, 2.45) is 0 Å². The fraction of sp³-hybridized carbons (Fsp3) is 0.588. The number of carbonyl (C=O) groups is 1. The van der Waals surface area contributed by atoms with Crippen LogP contribution in [0.5, 0.6) is 5.75 Å². The Hall–Kier alpha value is -1.55. The maximum absolute atomic E-state index is 12.3. The molecule has 2 aliphatic rings. The van der Waals surface area contributed by atoms with E-state index in [9.17, 15) is 4.79 Å². The molecule has 1 aliphatic carbocycles. The van der Waals surface area contributed by atoms with Gasteiger partial charge in [-0.1, -0.05) is 31.5 Å². The predicted octanol–water partition coefficient (Wildman–Crippen LogP) is 2.33. The molecule has 1 heterocycles. The van der Waals surface area contributed by atoms with Crippen molar-refractivity contribution in [3.05, 3.63) is 29.8 Å². The minimum Gasteiger partial charge on any atom is -0.492 e. The van der Waals surface area contributed by atoms with Gasteiger partial charge >= 0.3 is 0 Å². The number of ether oxygens (including phenoxy) is 1. The standard InChI is InChI=1S/C17H24N2O2/c1-2-7-17(8-9-17)18-16(20)13-19-10-11-21-15-6-4-3-5-14(15)12-19/h3-6H,2,7-13H2,1H3,(H,18,20). The van der Waals surface area contributed by atoms with E-state index in [2.05, 4.69) is 23.2 Å². The van der Waals surface area contributed by atoms with Crippen molar-refractivity contribution in [3.8, 4) is 5.75 Å². The molecule has 1 N–H and O–H groups in total. The quantitative estimate of drug-likeness (QED) is 0.904. The van der Waals surface area contributed by atoms with E-state index in [1.807, 2.05) is 18.2 Å². The van der Waals surface area contributed by atoms with Crippen molar-refractivity contribution in [3.63, 3.8) is 0 Å². The van der Waals surface area contributed by atoms with Gasteiger partial charge in [-0.25, -0.2) is 0 Å². The van der Waals surface area contributed by atoms with E-state index in [0.717, 1.165) is 50.1 Å². The number of carbonyl (C=O) groups excluding carboxylic acids is 1. The third-order valence-corrected chi connectivity index (χ3v) is 4.39. The Bertz CT molecular complexity index is 511. The van der Waals surface area contributed by atoms with Crippen molar-refractivity contribution < 1.29 is 9.53 Å². The smallest absolute Gasteiger partial charge is 0.234 e. The van der Waals surface area contributed by atoms with Gasteiger partial charge in [0.05, 0.1) is 6.54 Å². The average molecular weight is 288 g/mol. The van der Waals surface area contributed by atoms with Crippen LogP contribution < -0.4 is 10.1 Å². The molecule has 1 aromatic carbocycles. The maximum Gasteiger partial charge on any atom is 0.234 e. The molecule has 4 heteroatoms. The number of para-hydroxylation sites is 1. The van der Waals surface area contributed by atoms with Gasteiger partial charge in [0.25, 0.3) is 0 Å². The summed E-state index contributed by atoms with van der Waals surface area (Å²) in [6, 6.07) is 8.08. The Morgan fingerprint density at radius 1 is 1.38 bits per heavy atom. The van der Waals surface area contributed by atoms with E-state index in [-0.39, 0.29) is 11.4 Å². The van der Waals surface area contributed by atoms with E-state index in [1.165, 1.54) is 0 Å². The molecule has 1 amide bonds. The Balaban J connectivity index is 1.57. The molecule has 1 fully saturated rings. The molecule has 0 saturated heterocycles. The second kappa shape index (κ2) is 6.06. The number of nitrogens with one attached hydrogen (secondary N) is 1. The summed E-state index contributed by atoms with van der Waals surface area (Å²) in [6.07, 6.45) is 4.51. The molecule has 1 aromatic rings. The summed E-state index contributed by atoms with van der Waals surface area (Å²) in [4.78, 5) is 14.4. The monoisotopic (exact) mass is 288 g/mol. The minimum absolute atomic E-state index is 0.117. The minimum atomic E-state index is 0.117. The Kier molecular flexibility index (Phi) is 4.15. The number of benzene rings is 1. The first-order valence-corrected chi connectivity index (χ1v) is 7.95. The molecule has 1 saturated carbocycles. The zero-order valence-corrected chi connectivity index (χ0v) is 12.7. The molecule has 1 aliphatic heterocycles. The van der Waals surface area contributed by atoms with Gasteiger partial charge in [0, 0.05) is 24.2 Å². The summed E-state index contributed by atoms with van der Waals surface area (Å²) < 4.78 is 5.74. The molecule has 0 unspecified atom stereocenters. The second-order valence-electron chi connectivity index (χ2n) is 6.25. The highest BCUT2D eigenvalue weighted by molar-refractivity contribution is 5.79. The average Bonchev–Trinajstić information content (AvgIpc) is 3.22. The first-order chi connectivity index (χ1) is 10.2. The van der Waals surface area contributed by atoms with Crippen molar-refractivity contribution in [2.45, 2.75) is 44.7 Å². The van der Waals surface area contributed by atoms with Crippen LogP contribution in [0, 0.1) is 0 Å². The zero-order valence-electron chi connectivity index (χ0n) is 12.7. The topological polar surface area (TPSA) is 41.6 Å². The lowest BCUT2D eigenvalue weighted by Gasteiger charge is -2.22. The molecular weight excluding hydrogens is 264 g/mol. The second-order valence-corrected chi connectivity index (χ2v) is 6.25. The Labute approximate surface area is 126 Å². The molecular formula is C17H24N2O2. The molecule has 4 nitrogen and oxygen atoms in total. The van der Waals surface area contributed by atoms with Gasteiger partial charge < -0.3 is 10.1 Å². The van der Waals surface area contributed by atoms with Crippen LogP contribution in [-0.4, -0.2) is 36.0 Å². The highest BCUT2D eigenvalue weighted by Crippen LogP contribution is 2.39. The number of hydrogen-bond donors (Lipinski definition) is 1. The lowest BCUT2D eigenvalue weighted by molar-refractivity contribution is -0.123.